The largest absolute Gasteiger partial charge is 0.320 e. The smallest absolute Gasteiger partial charge is 0.237 e. The van der Waals surface area contributed by atoms with Gasteiger partial charge in [-0.3, -0.25) is 9.59 Å². The standard InChI is InChI=1S/C14H13ClN2O2/c1-9-7-13(18)17(14(9)19)12-5-4-11(15)8-10(12)3-2-6-16/h4-5,8-9H,6-7,16H2,1H3. The summed E-state index contributed by atoms with van der Waals surface area (Å²) in [5.41, 5.74) is 6.35. The summed E-state index contributed by atoms with van der Waals surface area (Å²) in [5.74, 6) is 4.84. The Bertz CT molecular complexity index is 601. The average molecular weight is 277 g/mol. The van der Waals surface area contributed by atoms with Crippen LogP contribution >= 0.6 is 11.6 Å². The molecule has 1 aromatic carbocycles. The molecule has 2 amide bonds. The van der Waals surface area contributed by atoms with Crippen molar-refractivity contribution in [2.45, 2.75) is 13.3 Å². The summed E-state index contributed by atoms with van der Waals surface area (Å²) in [6.45, 7) is 1.94. The van der Waals surface area contributed by atoms with Crippen molar-refractivity contribution in [2.24, 2.45) is 11.7 Å². The zero-order valence-electron chi connectivity index (χ0n) is 10.4. The number of carbonyl (C=O) groups is 2. The second kappa shape index (κ2) is 5.43. The van der Waals surface area contributed by atoms with E-state index in [1.165, 1.54) is 4.90 Å². The summed E-state index contributed by atoms with van der Waals surface area (Å²) in [6.07, 6.45) is 0.227. The molecule has 19 heavy (non-hydrogen) atoms. The molecule has 0 bridgehead atoms. The molecule has 0 saturated carbocycles. The van der Waals surface area contributed by atoms with Crippen LogP contribution in [-0.4, -0.2) is 18.4 Å². The van der Waals surface area contributed by atoms with Gasteiger partial charge in [0.05, 0.1) is 17.8 Å². The third-order valence-electron chi connectivity index (χ3n) is 2.90. The van der Waals surface area contributed by atoms with Crippen molar-refractivity contribution in [3.05, 3.63) is 28.8 Å². The molecule has 5 heteroatoms. The molecule has 0 aliphatic carbocycles. The molecule has 0 aromatic heterocycles. The molecule has 1 aliphatic rings. The van der Waals surface area contributed by atoms with E-state index < -0.39 is 0 Å². The van der Waals surface area contributed by atoms with E-state index in [0.29, 0.717) is 16.3 Å². The van der Waals surface area contributed by atoms with Gasteiger partial charge in [0.25, 0.3) is 0 Å². The van der Waals surface area contributed by atoms with Crippen LogP contribution in [0.5, 0.6) is 0 Å². The number of rotatable bonds is 1. The fourth-order valence-electron chi connectivity index (χ4n) is 1.99. The molecule has 1 atom stereocenters. The van der Waals surface area contributed by atoms with Crippen molar-refractivity contribution in [3.8, 4) is 11.8 Å². The maximum absolute atomic E-state index is 12.0. The normalized spacial score (nSPS) is 18.5. The van der Waals surface area contributed by atoms with Gasteiger partial charge in [-0.2, -0.15) is 0 Å². The van der Waals surface area contributed by atoms with Crippen LogP contribution in [0.15, 0.2) is 18.2 Å². The minimum Gasteiger partial charge on any atom is -0.320 e. The Morgan fingerprint density at radius 1 is 1.47 bits per heavy atom. The van der Waals surface area contributed by atoms with Gasteiger partial charge >= 0.3 is 0 Å². The summed E-state index contributed by atoms with van der Waals surface area (Å²) in [7, 11) is 0. The van der Waals surface area contributed by atoms with Gasteiger partial charge in [0.1, 0.15) is 0 Å². The topological polar surface area (TPSA) is 63.4 Å². The second-order valence-corrected chi connectivity index (χ2v) is 4.78. The lowest BCUT2D eigenvalue weighted by Gasteiger charge is -2.16. The quantitative estimate of drug-likeness (QED) is 0.625. The Balaban J connectivity index is 2.50. The van der Waals surface area contributed by atoms with Crippen LogP contribution in [-0.2, 0) is 9.59 Å². The van der Waals surface area contributed by atoms with Gasteiger partial charge in [-0.15, -0.1) is 0 Å². The van der Waals surface area contributed by atoms with E-state index in [1.54, 1.807) is 25.1 Å². The Morgan fingerprint density at radius 2 is 2.21 bits per heavy atom. The van der Waals surface area contributed by atoms with Crippen molar-refractivity contribution < 1.29 is 9.59 Å². The van der Waals surface area contributed by atoms with Gasteiger partial charge in [0, 0.05) is 17.4 Å². The molecule has 0 spiro atoms. The highest BCUT2D eigenvalue weighted by molar-refractivity contribution is 6.31. The number of benzene rings is 1. The molecule has 1 saturated heterocycles. The van der Waals surface area contributed by atoms with Crippen LogP contribution in [0.3, 0.4) is 0 Å². The van der Waals surface area contributed by atoms with Crippen LogP contribution in [0.25, 0.3) is 0 Å². The number of hydrogen-bond acceptors (Lipinski definition) is 3. The van der Waals surface area contributed by atoms with Crippen LogP contribution < -0.4 is 10.6 Å². The number of hydrogen-bond donors (Lipinski definition) is 1. The monoisotopic (exact) mass is 276 g/mol. The summed E-state index contributed by atoms with van der Waals surface area (Å²) >= 11 is 5.92. The highest BCUT2D eigenvalue weighted by Crippen LogP contribution is 2.30. The van der Waals surface area contributed by atoms with Crippen LogP contribution in [0.1, 0.15) is 18.9 Å². The van der Waals surface area contributed by atoms with Crippen molar-refractivity contribution in [1.29, 1.82) is 0 Å². The van der Waals surface area contributed by atoms with Gasteiger partial charge in [-0.05, 0) is 18.2 Å². The molecule has 1 fully saturated rings. The molecular formula is C14H13ClN2O2. The number of nitrogens with zero attached hydrogens (tertiary/aromatic N) is 1. The summed E-state index contributed by atoms with van der Waals surface area (Å²) < 4.78 is 0. The van der Waals surface area contributed by atoms with E-state index in [2.05, 4.69) is 11.8 Å². The lowest BCUT2D eigenvalue weighted by atomic mass is 10.1. The lowest BCUT2D eigenvalue weighted by Crippen LogP contribution is -2.30. The number of nitrogens with two attached hydrogens (primary N) is 1. The van der Waals surface area contributed by atoms with E-state index in [0.717, 1.165) is 0 Å². The maximum atomic E-state index is 12.0. The Labute approximate surface area is 116 Å². The molecule has 2 N–H and O–H groups in total. The fraction of sp³-hybridized carbons (Fsp3) is 0.286. The number of halogens is 1. The molecule has 4 nitrogen and oxygen atoms in total. The Kier molecular flexibility index (Phi) is 3.89. The first-order chi connectivity index (χ1) is 9.04. The average Bonchev–Trinajstić information content (AvgIpc) is 2.62. The van der Waals surface area contributed by atoms with Gasteiger partial charge in [-0.1, -0.05) is 30.4 Å². The third kappa shape index (κ3) is 2.62. The van der Waals surface area contributed by atoms with E-state index in [9.17, 15) is 9.59 Å². The number of anilines is 1. The maximum Gasteiger partial charge on any atom is 0.237 e. The van der Waals surface area contributed by atoms with Crippen molar-refractivity contribution in [2.75, 3.05) is 11.4 Å². The highest BCUT2D eigenvalue weighted by atomic mass is 35.5. The first-order valence-corrected chi connectivity index (χ1v) is 6.27. The van der Waals surface area contributed by atoms with Crippen LogP contribution in [0.2, 0.25) is 5.02 Å². The molecule has 2 rings (SSSR count). The fourth-order valence-corrected chi connectivity index (χ4v) is 2.16. The first kappa shape index (κ1) is 13.6. The molecule has 1 aromatic rings. The van der Waals surface area contributed by atoms with Gasteiger partial charge in [-0.25, -0.2) is 4.90 Å². The van der Waals surface area contributed by atoms with Gasteiger partial charge in [0.15, 0.2) is 0 Å². The van der Waals surface area contributed by atoms with E-state index in [1.807, 2.05) is 0 Å². The lowest BCUT2D eigenvalue weighted by molar-refractivity contribution is -0.122. The van der Waals surface area contributed by atoms with E-state index in [-0.39, 0.29) is 30.7 Å². The van der Waals surface area contributed by atoms with Crippen LogP contribution in [0.4, 0.5) is 5.69 Å². The molecule has 1 heterocycles. The zero-order chi connectivity index (χ0) is 14.0. The zero-order valence-corrected chi connectivity index (χ0v) is 11.2. The summed E-state index contributed by atoms with van der Waals surface area (Å²) in [6, 6.07) is 4.90. The minimum absolute atomic E-state index is 0.199. The minimum atomic E-state index is -0.293. The predicted molar refractivity (Wildman–Crippen MR) is 73.7 cm³/mol. The SMILES string of the molecule is CC1CC(=O)N(c2ccc(Cl)cc2C#CCN)C1=O. The van der Waals surface area contributed by atoms with E-state index >= 15 is 0 Å². The molecule has 1 aliphatic heterocycles. The number of amides is 2. The number of imide groups is 1. The summed E-state index contributed by atoms with van der Waals surface area (Å²) in [5, 5.41) is 0.497. The molecular weight excluding hydrogens is 264 g/mol. The van der Waals surface area contributed by atoms with Gasteiger partial charge < -0.3 is 5.73 Å². The predicted octanol–water partition coefficient (Wildman–Crippen LogP) is 1.55. The molecule has 98 valence electrons. The van der Waals surface area contributed by atoms with Crippen molar-refractivity contribution in [3.63, 3.8) is 0 Å². The highest BCUT2D eigenvalue weighted by Gasteiger charge is 2.37. The van der Waals surface area contributed by atoms with Gasteiger partial charge in [0.2, 0.25) is 11.8 Å². The Hall–Kier alpha value is -1.83. The summed E-state index contributed by atoms with van der Waals surface area (Å²) in [4.78, 5) is 25.1. The third-order valence-corrected chi connectivity index (χ3v) is 3.13. The first-order valence-electron chi connectivity index (χ1n) is 5.90. The molecule has 0 radical (unpaired) electrons. The van der Waals surface area contributed by atoms with Crippen LogP contribution in [0, 0.1) is 17.8 Å². The Morgan fingerprint density at radius 3 is 2.79 bits per heavy atom. The van der Waals surface area contributed by atoms with E-state index in [4.69, 9.17) is 17.3 Å². The van der Waals surface area contributed by atoms with Crippen molar-refractivity contribution >= 4 is 29.1 Å². The number of carbonyl (C=O) groups excluding carboxylic acids is 2. The molecule has 1 unspecified atom stereocenters. The second-order valence-electron chi connectivity index (χ2n) is 4.34. The van der Waals surface area contributed by atoms with Crippen molar-refractivity contribution in [1.82, 2.24) is 0 Å².